The molecule has 0 spiro atoms. The van der Waals surface area contributed by atoms with Crippen molar-refractivity contribution >= 4 is 17.9 Å². The predicted molar refractivity (Wildman–Crippen MR) is 307 cm³/mol. The van der Waals surface area contributed by atoms with E-state index in [0.717, 1.165) is 89.9 Å². The summed E-state index contributed by atoms with van der Waals surface area (Å²) in [6.45, 7) is 6.50. The van der Waals surface area contributed by atoms with Crippen LogP contribution < -0.4 is 0 Å². The lowest BCUT2D eigenvalue weighted by Crippen LogP contribution is -2.30. The summed E-state index contributed by atoms with van der Waals surface area (Å²) in [6.07, 6.45) is 76.1. The first kappa shape index (κ1) is 67.8. The summed E-state index contributed by atoms with van der Waals surface area (Å²) in [5, 5.41) is 0. The molecule has 0 saturated carbocycles. The highest BCUT2D eigenvalue weighted by atomic mass is 16.6. The molecular formula is C65H114O6. The van der Waals surface area contributed by atoms with Crippen LogP contribution in [0, 0.1) is 0 Å². The number of carbonyl (C=O) groups is 3. The van der Waals surface area contributed by atoms with Gasteiger partial charge in [-0.25, -0.2) is 0 Å². The summed E-state index contributed by atoms with van der Waals surface area (Å²) >= 11 is 0. The quantitative estimate of drug-likeness (QED) is 0.0261. The maximum atomic E-state index is 12.9. The van der Waals surface area contributed by atoms with E-state index < -0.39 is 6.10 Å². The second kappa shape index (κ2) is 59.4. The standard InChI is InChI=1S/C65H114O6/c1-4-7-10-13-16-19-22-25-28-30-32-34-37-40-43-46-49-52-55-58-64(67)70-61-62(60-69-63(66)57-54-51-48-45-42-39-36-27-24-21-18-15-12-9-6-3)71-65(68)59-56-53-50-47-44-41-38-35-33-31-29-26-23-20-17-14-11-8-5-2/h9,12,16,18-19,21,25,27-28,36,42,45,62H,4-8,10-11,13-15,17,20,22-24,26,29-35,37-41,43-44,46-61H2,1-3H3/b12-9-,19-16-,21-18-,28-25-,36-27-,45-42-/t62-/m1/s1. The lowest BCUT2D eigenvalue weighted by atomic mass is 10.0. The fourth-order valence-electron chi connectivity index (χ4n) is 8.64. The van der Waals surface area contributed by atoms with Crippen molar-refractivity contribution in [2.45, 2.75) is 309 Å². The van der Waals surface area contributed by atoms with Crippen molar-refractivity contribution in [3.63, 3.8) is 0 Å². The van der Waals surface area contributed by atoms with Gasteiger partial charge in [-0.1, -0.05) is 267 Å². The molecule has 6 nitrogen and oxygen atoms in total. The fourth-order valence-corrected chi connectivity index (χ4v) is 8.64. The fraction of sp³-hybridized carbons (Fsp3) is 0.769. The van der Waals surface area contributed by atoms with Crippen LogP contribution in [0.2, 0.25) is 0 Å². The number of unbranched alkanes of at least 4 members (excludes halogenated alkanes) is 32. The van der Waals surface area contributed by atoms with Crippen molar-refractivity contribution < 1.29 is 28.6 Å². The van der Waals surface area contributed by atoms with Crippen molar-refractivity contribution in [3.8, 4) is 0 Å². The van der Waals surface area contributed by atoms with E-state index in [1.54, 1.807) is 0 Å². The maximum absolute atomic E-state index is 12.9. The first-order chi connectivity index (χ1) is 35.0. The molecule has 410 valence electrons. The largest absolute Gasteiger partial charge is 0.462 e. The number of hydrogen-bond acceptors (Lipinski definition) is 6. The van der Waals surface area contributed by atoms with Crippen LogP contribution in [0.4, 0.5) is 0 Å². The summed E-state index contributed by atoms with van der Waals surface area (Å²) in [7, 11) is 0. The number of esters is 3. The van der Waals surface area contributed by atoms with Gasteiger partial charge in [0.05, 0.1) is 0 Å². The van der Waals surface area contributed by atoms with Gasteiger partial charge in [0.2, 0.25) is 0 Å². The maximum Gasteiger partial charge on any atom is 0.306 e. The van der Waals surface area contributed by atoms with E-state index in [1.807, 2.05) is 0 Å². The highest BCUT2D eigenvalue weighted by molar-refractivity contribution is 5.71. The zero-order valence-corrected chi connectivity index (χ0v) is 47.0. The smallest absolute Gasteiger partial charge is 0.306 e. The van der Waals surface area contributed by atoms with E-state index in [2.05, 4.69) is 93.7 Å². The van der Waals surface area contributed by atoms with Crippen LogP contribution >= 0.6 is 0 Å². The molecule has 0 rings (SSSR count). The molecule has 0 aliphatic carbocycles. The Morgan fingerprint density at radius 1 is 0.296 bits per heavy atom. The van der Waals surface area contributed by atoms with Crippen LogP contribution in [0.15, 0.2) is 72.9 Å². The zero-order chi connectivity index (χ0) is 51.4. The molecule has 0 N–H and O–H groups in total. The number of hydrogen-bond donors (Lipinski definition) is 0. The Bertz CT molecular complexity index is 1320. The first-order valence-corrected chi connectivity index (χ1v) is 30.4. The third-order valence-electron chi connectivity index (χ3n) is 13.2. The minimum atomic E-state index is -0.793. The molecular weight excluding hydrogens is 877 g/mol. The molecule has 0 aromatic rings. The predicted octanol–water partition coefficient (Wildman–Crippen LogP) is 20.5. The number of ether oxygens (including phenoxy) is 3. The highest BCUT2D eigenvalue weighted by Crippen LogP contribution is 2.17. The van der Waals surface area contributed by atoms with Crippen molar-refractivity contribution in [2.24, 2.45) is 0 Å². The molecule has 0 heterocycles. The Morgan fingerprint density at radius 3 is 0.915 bits per heavy atom. The lowest BCUT2D eigenvalue weighted by Gasteiger charge is -2.18. The van der Waals surface area contributed by atoms with Crippen molar-refractivity contribution in [1.82, 2.24) is 0 Å². The molecule has 0 radical (unpaired) electrons. The molecule has 0 saturated heterocycles. The van der Waals surface area contributed by atoms with E-state index >= 15 is 0 Å². The van der Waals surface area contributed by atoms with E-state index in [9.17, 15) is 14.4 Å². The average molecular weight is 992 g/mol. The van der Waals surface area contributed by atoms with Gasteiger partial charge in [0.25, 0.3) is 0 Å². The van der Waals surface area contributed by atoms with Crippen LogP contribution in [0.5, 0.6) is 0 Å². The van der Waals surface area contributed by atoms with Crippen molar-refractivity contribution in [1.29, 1.82) is 0 Å². The Labute approximate surface area is 440 Å². The molecule has 71 heavy (non-hydrogen) atoms. The molecule has 0 aromatic carbocycles. The number of rotatable bonds is 55. The molecule has 0 bridgehead atoms. The van der Waals surface area contributed by atoms with Crippen LogP contribution in [-0.4, -0.2) is 37.2 Å². The van der Waals surface area contributed by atoms with Crippen LogP contribution in [0.25, 0.3) is 0 Å². The zero-order valence-electron chi connectivity index (χ0n) is 47.0. The van der Waals surface area contributed by atoms with Gasteiger partial charge in [0.15, 0.2) is 6.10 Å². The number of carbonyl (C=O) groups excluding carboxylic acids is 3. The molecule has 0 unspecified atom stereocenters. The van der Waals surface area contributed by atoms with Gasteiger partial charge in [-0.05, 0) is 89.9 Å². The van der Waals surface area contributed by atoms with E-state index in [0.29, 0.717) is 19.3 Å². The summed E-state index contributed by atoms with van der Waals surface area (Å²) in [5.74, 6) is -0.921. The summed E-state index contributed by atoms with van der Waals surface area (Å²) in [4.78, 5) is 38.2. The van der Waals surface area contributed by atoms with Crippen LogP contribution in [-0.2, 0) is 28.6 Å². The molecule has 0 amide bonds. The minimum absolute atomic E-state index is 0.0884. The summed E-state index contributed by atoms with van der Waals surface area (Å²) < 4.78 is 16.9. The Balaban J connectivity index is 4.39. The minimum Gasteiger partial charge on any atom is -0.462 e. The van der Waals surface area contributed by atoms with E-state index in [-0.39, 0.29) is 31.1 Å². The second-order valence-electron chi connectivity index (χ2n) is 20.2. The SMILES string of the molecule is CC/C=C\C/C=C\C/C=C\C/C=C\CCCCC(=O)OC[C@H](COC(=O)CCCCCCCCCCC/C=C\C/C=C\CCCCC)OC(=O)CCCCCCCCCCCCCCCCCCCCC. The van der Waals surface area contributed by atoms with Crippen molar-refractivity contribution in [3.05, 3.63) is 72.9 Å². The van der Waals surface area contributed by atoms with Gasteiger partial charge >= 0.3 is 17.9 Å². The second-order valence-corrected chi connectivity index (χ2v) is 20.2. The average Bonchev–Trinajstić information content (AvgIpc) is 3.37. The van der Waals surface area contributed by atoms with Crippen LogP contribution in [0.3, 0.4) is 0 Å². The third-order valence-corrected chi connectivity index (χ3v) is 13.2. The Morgan fingerprint density at radius 2 is 0.549 bits per heavy atom. The molecule has 0 fully saturated rings. The molecule has 1 atom stereocenters. The van der Waals surface area contributed by atoms with E-state index in [1.165, 1.54) is 173 Å². The third kappa shape index (κ3) is 57.6. The summed E-state index contributed by atoms with van der Waals surface area (Å²) in [5.41, 5.74) is 0. The normalized spacial score (nSPS) is 12.5. The molecule has 0 aliphatic heterocycles. The lowest BCUT2D eigenvalue weighted by molar-refractivity contribution is -0.167. The number of allylic oxidation sites excluding steroid dienone is 12. The van der Waals surface area contributed by atoms with Gasteiger partial charge in [0, 0.05) is 19.3 Å². The molecule has 0 aromatic heterocycles. The molecule has 0 aliphatic rings. The van der Waals surface area contributed by atoms with Gasteiger partial charge in [-0.2, -0.15) is 0 Å². The Hall–Kier alpha value is -3.15. The Kier molecular flexibility index (Phi) is 56.8. The summed E-state index contributed by atoms with van der Waals surface area (Å²) in [6, 6.07) is 0. The topological polar surface area (TPSA) is 78.9 Å². The van der Waals surface area contributed by atoms with E-state index in [4.69, 9.17) is 14.2 Å². The van der Waals surface area contributed by atoms with Gasteiger partial charge in [0.1, 0.15) is 13.2 Å². The van der Waals surface area contributed by atoms with Gasteiger partial charge in [-0.15, -0.1) is 0 Å². The van der Waals surface area contributed by atoms with Crippen molar-refractivity contribution in [2.75, 3.05) is 13.2 Å². The monoisotopic (exact) mass is 991 g/mol. The highest BCUT2D eigenvalue weighted by Gasteiger charge is 2.19. The van der Waals surface area contributed by atoms with Gasteiger partial charge < -0.3 is 14.2 Å². The van der Waals surface area contributed by atoms with Crippen LogP contribution in [0.1, 0.15) is 303 Å². The van der Waals surface area contributed by atoms with Gasteiger partial charge in [-0.3, -0.25) is 14.4 Å². The molecule has 6 heteroatoms. The first-order valence-electron chi connectivity index (χ1n) is 30.4.